The van der Waals surface area contributed by atoms with Crippen LogP contribution in [0.25, 0.3) is 0 Å². The van der Waals surface area contributed by atoms with E-state index in [1.807, 2.05) is 4.90 Å². The molecule has 2 aliphatic heterocycles. The highest BCUT2D eigenvalue weighted by Crippen LogP contribution is 2.39. The topological polar surface area (TPSA) is 38.8 Å². The van der Waals surface area contributed by atoms with E-state index in [1.165, 1.54) is 0 Å². The van der Waals surface area contributed by atoms with Crippen LogP contribution in [0.15, 0.2) is 0 Å². The fourth-order valence-corrected chi connectivity index (χ4v) is 2.76. The van der Waals surface area contributed by atoms with E-state index < -0.39 is 0 Å². The lowest BCUT2D eigenvalue weighted by Crippen LogP contribution is -2.37. The lowest BCUT2D eigenvalue weighted by molar-refractivity contribution is -0.135. The first-order valence-electron chi connectivity index (χ1n) is 6.69. The van der Waals surface area contributed by atoms with Gasteiger partial charge in [0.25, 0.3) is 0 Å². The highest BCUT2D eigenvalue weighted by molar-refractivity contribution is 5.77. The highest BCUT2D eigenvalue weighted by Gasteiger charge is 2.40. The van der Waals surface area contributed by atoms with Crippen LogP contribution in [0.1, 0.15) is 32.6 Å². The van der Waals surface area contributed by atoms with Gasteiger partial charge in [-0.25, -0.2) is 0 Å². The third-order valence-electron chi connectivity index (χ3n) is 3.92. The average Bonchev–Trinajstić information content (AvgIpc) is 2.74. The Labute approximate surface area is 103 Å². The summed E-state index contributed by atoms with van der Waals surface area (Å²) in [7, 11) is 0. The smallest absolute Gasteiger partial charge is 0.248 e. The maximum absolute atomic E-state index is 11.9. The molecule has 2 fully saturated rings. The van der Waals surface area contributed by atoms with E-state index in [9.17, 15) is 4.79 Å². The van der Waals surface area contributed by atoms with E-state index >= 15 is 0 Å². The van der Waals surface area contributed by atoms with Gasteiger partial charge in [-0.05, 0) is 31.1 Å². The van der Waals surface area contributed by atoms with Gasteiger partial charge >= 0.3 is 0 Å². The molecule has 0 N–H and O–H groups in total. The van der Waals surface area contributed by atoms with Crippen molar-refractivity contribution in [1.29, 1.82) is 0 Å². The molecule has 4 nitrogen and oxygen atoms in total. The summed E-state index contributed by atoms with van der Waals surface area (Å²) in [6, 6.07) is 0. The predicted molar refractivity (Wildman–Crippen MR) is 64.8 cm³/mol. The molecule has 2 heterocycles. The number of likely N-dealkylation sites (tertiary alicyclic amines) is 1. The molecule has 0 saturated carbocycles. The van der Waals surface area contributed by atoms with Crippen molar-refractivity contribution >= 4 is 5.91 Å². The molecule has 1 amide bonds. The maximum atomic E-state index is 11.9. The summed E-state index contributed by atoms with van der Waals surface area (Å²) < 4.78 is 10.7. The van der Waals surface area contributed by atoms with Gasteiger partial charge in [0, 0.05) is 32.9 Å². The summed E-state index contributed by atoms with van der Waals surface area (Å²) in [4.78, 5) is 13.9. The van der Waals surface area contributed by atoms with Crippen LogP contribution in [-0.2, 0) is 14.3 Å². The third-order valence-corrected chi connectivity index (χ3v) is 3.92. The van der Waals surface area contributed by atoms with Crippen LogP contribution >= 0.6 is 0 Å². The van der Waals surface area contributed by atoms with E-state index in [0.29, 0.717) is 12.0 Å². The SMILES string of the molecule is CCCOCC(=O)N1CCC2(CCOCC2)C1. The second-order valence-corrected chi connectivity index (χ2v) is 5.23. The summed E-state index contributed by atoms with van der Waals surface area (Å²) >= 11 is 0. The van der Waals surface area contributed by atoms with Crippen molar-refractivity contribution in [3.05, 3.63) is 0 Å². The molecule has 0 aliphatic carbocycles. The number of amides is 1. The molecule has 1 spiro atoms. The molecule has 0 bridgehead atoms. The molecule has 17 heavy (non-hydrogen) atoms. The van der Waals surface area contributed by atoms with Crippen LogP contribution in [0.5, 0.6) is 0 Å². The van der Waals surface area contributed by atoms with Crippen LogP contribution in [0.4, 0.5) is 0 Å². The lowest BCUT2D eigenvalue weighted by atomic mass is 9.80. The van der Waals surface area contributed by atoms with Gasteiger partial charge < -0.3 is 14.4 Å². The van der Waals surface area contributed by atoms with Gasteiger partial charge in [0.1, 0.15) is 6.61 Å². The number of hydrogen-bond acceptors (Lipinski definition) is 3. The molecule has 2 rings (SSSR count). The summed E-state index contributed by atoms with van der Waals surface area (Å²) in [5.74, 6) is 0.154. The van der Waals surface area contributed by atoms with Crippen molar-refractivity contribution in [2.24, 2.45) is 5.41 Å². The zero-order valence-corrected chi connectivity index (χ0v) is 10.7. The fourth-order valence-electron chi connectivity index (χ4n) is 2.76. The summed E-state index contributed by atoms with van der Waals surface area (Å²) in [5.41, 5.74) is 0.346. The fraction of sp³-hybridized carbons (Fsp3) is 0.923. The quantitative estimate of drug-likeness (QED) is 0.699. The lowest BCUT2D eigenvalue weighted by Gasteiger charge is -2.33. The second kappa shape index (κ2) is 5.83. The standard InChI is InChI=1S/C13H23NO3/c1-2-7-17-10-12(15)14-6-3-13(11-14)4-8-16-9-5-13/h2-11H2,1H3. The van der Waals surface area contributed by atoms with Crippen LogP contribution < -0.4 is 0 Å². The van der Waals surface area contributed by atoms with Crippen molar-refractivity contribution in [2.75, 3.05) is 39.5 Å². The van der Waals surface area contributed by atoms with Gasteiger partial charge in [0.05, 0.1) is 0 Å². The van der Waals surface area contributed by atoms with E-state index in [-0.39, 0.29) is 12.5 Å². The van der Waals surface area contributed by atoms with Crippen LogP contribution in [-0.4, -0.2) is 50.3 Å². The molecular formula is C13H23NO3. The average molecular weight is 241 g/mol. The molecule has 0 radical (unpaired) electrons. The molecule has 0 atom stereocenters. The normalized spacial score (nSPS) is 23.2. The van der Waals surface area contributed by atoms with Gasteiger partial charge in [0.2, 0.25) is 5.91 Å². The first-order valence-corrected chi connectivity index (χ1v) is 6.69. The second-order valence-electron chi connectivity index (χ2n) is 5.23. The Morgan fingerprint density at radius 3 is 2.82 bits per heavy atom. The van der Waals surface area contributed by atoms with Gasteiger partial charge in [-0.3, -0.25) is 4.79 Å². The molecule has 0 unspecified atom stereocenters. The predicted octanol–water partition coefficient (Wildman–Crippen LogP) is 1.44. The third kappa shape index (κ3) is 3.19. The molecule has 0 aromatic carbocycles. The molecule has 0 aromatic heterocycles. The Balaban J connectivity index is 1.78. The van der Waals surface area contributed by atoms with Crippen LogP contribution in [0, 0.1) is 5.41 Å². The maximum Gasteiger partial charge on any atom is 0.248 e. The van der Waals surface area contributed by atoms with Gasteiger partial charge in [0.15, 0.2) is 0 Å². The summed E-state index contributed by atoms with van der Waals surface area (Å²) in [5, 5.41) is 0. The minimum absolute atomic E-state index is 0.154. The zero-order valence-electron chi connectivity index (χ0n) is 10.7. The van der Waals surface area contributed by atoms with Gasteiger partial charge in [-0.15, -0.1) is 0 Å². The Morgan fingerprint density at radius 2 is 2.12 bits per heavy atom. The zero-order chi connectivity index (χ0) is 12.1. The molecule has 2 aliphatic rings. The number of nitrogens with zero attached hydrogens (tertiary/aromatic N) is 1. The summed E-state index contributed by atoms with van der Waals surface area (Å²) in [6.07, 6.45) is 4.31. The Bertz CT molecular complexity index is 261. The molecule has 0 aromatic rings. The molecular weight excluding hydrogens is 218 g/mol. The Hall–Kier alpha value is -0.610. The number of carbonyl (C=O) groups is 1. The van der Waals surface area contributed by atoms with E-state index in [2.05, 4.69) is 6.92 Å². The van der Waals surface area contributed by atoms with Gasteiger partial charge in [-0.1, -0.05) is 6.92 Å². The van der Waals surface area contributed by atoms with E-state index in [1.54, 1.807) is 0 Å². The highest BCUT2D eigenvalue weighted by atomic mass is 16.5. The minimum atomic E-state index is 0.154. The molecule has 98 valence electrons. The Kier molecular flexibility index (Phi) is 4.40. The first kappa shape index (κ1) is 12.8. The number of carbonyl (C=O) groups excluding carboxylic acids is 1. The van der Waals surface area contributed by atoms with E-state index in [0.717, 1.165) is 52.0 Å². The largest absolute Gasteiger partial charge is 0.381 e. The molecule has 2 saturated heterocycles. The summed E-state index contributed by atoms with van der Waals surface area (Å²) in [6.45, 7) is 6.50. The van der Waals surface area contributed by atoms with E-state index in [4.69, 9.17) is 9.47 Å². The van der Waals surface area contributed by atoms with Crippen LogP contribution in [0.3, 0.4) is 0 Å². The van der Waals surface area contributed by atoms with Crippen molar-refractivity contribution in [2.45, 2.75) is 32.6 Å². The Morgan fingerprint density at radius 1 is 1.35 bits per heavy atom. The van der Waals surface area contributed by atoms with Crippen molar-refractivity contribution in [3.63, 3.8) is 0 Å². The van der Waals surface area contributed by atoms with Crippen molar-refractivity contribution in [1.82, 2.24) is 4.90 Å². The first-order chi connectivity index (χ1) is 8.26. The number of ether oxygens (including phenoxy) is 2. The van der Waals surface area contributed by atoms with Crippen molar-refractivity contribution < 1.29 is 14.3 Å². The minimum Gasteiger partial charge on any atom is -0.381 e. The van der Waals surface area contributed by atoms with Crippen molar-refractivity contribution in [3.8, 4) is 0 Å². The molecule has 4 heteroatoms. The van der Waals surface area contributed by atoms with Gasteiger partial charge in [-0.2, -0.15) is 0 Å². The number of hydrogen-bond donors (Lipinski definition) is 0. The monoisotopic (exact) mass is 241 g/mol. The van der Waals surface area contributed by atoms with Crippen LogP contribution in [0.2, 0.25) is 0 Å². The number of rotatable bonds is 4.